The van der Waals surface area contributed by atoms with E-state index in [0.29, 0.717) is 26.1 Å². The largest absolute Gasteiger partial charge is 0.334 e. The van der Waals surface area contributed by atoms with E-state index in [1.54, 1.807) is 22.2 Å². The van der Waals surface area contributed by atoms with Crippen molar-refractivity contribution in [1.29, 1.82) is 0 Å². The fourth-order valence-electron chi connectivity index (χ4n) is 2.74. The van der Waals surface area contributed by atoms with Crippen molar-refractivity contribution in [3.8, 4) is 0 Å². The van der Waals surface area contributed by atoms with E-state index in [9.17, 15) is 9.59 Å². The molecular weight excluding hydrogens is 326 g/mol. The van der Waals surface area contributed by atoms with E-state index in [1.165, 1.54) is 0 Å². The average molecular weight is 353 g/mol. The number of aromatic nitrogens is 1. The summed E-state index contributed by atoms with van der Waals surface area (Å²) in [4.78, 5) is 32.8. The Bertz CT molecular complexity index is 702. The first-order chi connectivity index (χ1) is 12.5. The maximum absolute atomic E-state index is 12.8. The number of pyridine rings is 1. The Morgan fingerprint density at radius 3 is 2.19 bits per heavy atom. The zero-order chi connectivity index (χ0) is 18.9. The van der Waals surface area contributed by atoms with E-state index in [1.807, 2.05) is 63.2 Å². The van der Waals surface area contributed by atoms with Crippen molar-refractivity contribution in [2.24, 2.45) is 0 Å². The van der Waals surface area contributed by atoms with Crippen LogP contribution in [0.2, 0.25) is 0 Å². The van der Waals surface area contributed by atoms with Gasteiger partial charge in [0.05, 0.1) is 0 Å². The summed E-state index contributed by atoms with van der Waals surface area (Å²) in [6.45, 7) is 7.22. The molecular formula is C21H27N3O2. The molecule has 0 bridgehead atoms. The summed E-state index contributed by atoms with van der Waals surface area (Å²) in [7, 11) is 0. The molecule has 0 unspecified atom stereocenters. The molecule has 138 valence electrons. The molecule has 0 fully saturated rings. The monoisotopic (exact) mass is 353 g/mol. The van der Waals surface area contributed by atoms with Gasteiger partial charge in [0.25, 0.3) is 0 Å². The number of hydrogen-bond acceptors (Lipinski definition) is 3. The van der Waals surface area contributed by atoms with Gasteiger partial charge in [-0.1, -0.05) is 30.3 Å². The summed E-state index contributed by atoms with van der Waals surface area (Å²) in [6, 6.07) is 13.5. The van der Waals surface area contributed by atoms with Crippen LogP contribution in [0.5, 0.6) is 0 Å². The quantitative estimate of drug-likeness (QED) is 0.719. The van der Waals surface area contributed by atoms with E-state index in [0.717, 1.165) is 11.1 Å². The van der Waals surface area contributed by atoms with Crippen LogP contribution in [-0.4, -0.2) is 45.7 Å². The number of carbonyl (C=O) groups excluding carboxylic acids is 2. The smallest absolute Gasteiger partial charge is 0.312 e. The molecule has 0 aliphatic heterocycles. The number of hydrogen-bond donors (Lipinski definition) is 0. The van der Waals surface area contributed by atoms with Crippen LogP contribution >= 0.6 is 0 Å². The molecule has 5 heteroatoms. The van der Waals surface area contributed by atoms with Gasteiger partial charge >= 0.3 is 11.8 Å². The molecule has 0 aliphatic rings. The third kappa shape index (κ3) is 5.41. The Labute approximate surface area is 155 Å². The zero-order valence-corrected chi connectivity index (χ0v) is 15.8. The van der Waals surface area contributed by atoms with Gasteiger partial charge in [0.1, 0.15) is 0 Å². The standard InChI is InChI=1S/C21H27N3O2/c1-4-23(15-12-18-10-13-22-14-11-18)20(25)21(26)24(17(2)3)16-19-8-6-5-7-9-19/h5-11,13-14,17H,4,12,15-16H2,1-3H3. The first-order valence-electron chi connectivity index (χ1n) is 9.05. The minimum Gasteiger partial charge on any atom is -0.334 e. The Balaban J connectivity index is 2.04. The molecule has 1 heterocycles. The predicted octanol–water partition coefficient (Wildman–Crippen LogP) is 2.91. The lowest BCUT2D eigenvalue weighted by molar-refractivity contribution is -0.153. The number of benzene rings is 1. The van der Waals surface area contributed by atoms with Gasteiger partial charge in [-0.3, -0.25) is 14.6 Å². The van der Waals surface area contributed by atoms with Crippen molar-refractivity contribution in [2.45, 2.75) is 39.8 Å². The van der Waals surface area contributed by atoms with Crippen LogP contribution in [0.3, 0.4) is 0 Å². The van der Waals surface area contributed by atoms with Gasteiger partial charge in [0, 0.05) is 38.1 Å². The Morgan fingerprint density at radius 2 is 1.62 bits per heavy atom. The van der Waals surface area contributed by atoms with Crippen molar-refractivity contribution in [3.63, 3.8) is 0 Å². The number of nitrogens with zero attached hydrogens (tertiary/aromatic N) is 3. The van der Waals surface area contributed by atoms with Crippen molar-refractivity contribution in [3.05, 3.63) is 66.0 Å². The summed E-state index contributed by atoms with van der Waals surface area (Å²) in [6.07, 6.45) is 4.17. The lowest BCUT2D eigenvalue weighted by Crippen LogP contribution is -2.48. The van der Waals surface area contributed by atoms with Crippen LogP contribution < -0.4 is 0 Å². The normalized spacial score (nSPS) is 10.6. The van der Waals surface area contributed by atoms with Gasteiger partial charge in [-0.25, -0.2) is 0 Å². The van der Waals surface area contributed by atoms with Gasteiger partial charge in [-0.2, -0.15) is 0 Å². The fraction of sp³-hybridized carbons (Fsp3) is 0.381. The third-order valence-corrected chi connectivity index (χ3v) is 4.35. The van der Waals surface area contributed by atoms with Crippen LogP contribution in [0.15, 0.2) is 54.9 Å². The number of rotatable bonds is 7. The minimum atomic E-state index is -0.444. The van der Waals surface area contributed by atoms with Gasteiger partial charge < -0.3 is 9.80 Å². The second-order valence-electron chi connectivity index (χ2n) is 6.50. The molecule has 5 nitrogen and oxygen atoms in total. The highest BCUT2D eigenvalue weighted by Gasteiger charge is 2.28. The topological polar surface area (TPSA) is 53.5 Å². The Morgan fingerprint density at radius 1 is 0.962 bits per heavy atom. The molecule has 1 aromatic carbocycles. The first-order valence-corrected chi connectivity index (χ1v) is 9.05. The Kier molecular flexibility index (Phi) is 7.33. The summed E-state index contributed by atoms with van der Waals surface area (Å²) >= 11 is 0. The van der Waals surface area contributed by atoms with Crippen LogP contribution in [0, 0.1) is 0 Å². The average Bonchev–Trinajstić information content (AvgIpc) is 2.67. The number of amides is 2. The van der Waals surface area contributed by atoms with E-state index >= 15 is 0 Å². The molecule has 0 radical (unpaired) electrons. The van der Waals surface area contributed by atoms with Crippen molar-refractivity contribution in [1.82, 2.24) is 14.8 Å². The molecule has 0 N–H and O–H groups in total. The molecule has 26 heavy (non-hydrogen) atoms. The van der Waals surface area contributed by atoms with E-state index in [4.69, 9.17) is 0 Å². The van der Waals surface area contributed by atoms with Crippen molar-refractivity contribution >= 4 is 11.8 Å². The van der Waals surface area contributed by atoms with Gasteiger partial charge in [-0.15, -0.1) is 0 Å². The van der Waals surface area contributed by atoms with Gasteiger partial charge in [0.15, 0.2) is 0 Å². The minimum absolute atomic E-state index is 0.0504. The molecule has 2 aromatic rings. The van der Waals surface area contributed by atoms with E-state index in [-0.39, 0.29) is 6.04 Å². The highest BCUT2D eigenvalue weighted by atomic mass is 16.2. The van der Waals surface area contributed by atoms with Crippen molar-refractivity contribution in [2.75, 3.05) is 13.1 Å². The highest BCUT2D eigenvalue weighted by Crippen LogP contribution is 2.10. The fourth-order valence-corrected chi connectivity index (χ4v) is 2.74. The second kappa shape index (κ2) is 9.70. The summed E-state index contributed by atoms with van der Waals surface area (Å²) in [5.74, 6) is -0.883. The molecule has 2 rings (SSSR count). The van der Waals surface area contributed by atoms with Crippen LogP contribution in [0.1, 0.15) is 31.9 Å². The maximum atomic E-state index is 12.8. The maximum Gasteiger partial charge on any atom is 0.312 e. The summed E-state index contributed by atoms with van der Waals surface area (Å²) in [5.41, 5.74) is 2.12. The van der Waals surface area contributed by atoms with Crippen LogP contribution in [0.25, 0.3) is 0 Å². The van der Waals surface area contributed by atoms with Gasteiger partial charge in [-0.05, 0) is 50.5 Å². The van der Waals surface area contributed by atoms with E-state index < -0.39 is 11.8 Å². The third-order valence-electron chi connectivity index (χ3n) is 4.35. The van der Waals surface area contributed by atoms with Gasteiger partial charge in [0.2, 0.25) is 0 Å². The molecule has 0 spiro atoms. The van der Waals surface area contributed by atoms with Crippen LogP contribution in [0.4, 0.5) is 0 Å². The number of likely N-dealkylation sites (N-methyl/N-ethyl adjacent to an activating group) is 1. The summed E-state index contributed by atoms with van der Waals surface area (Å²) < 4.78 is 0. The molecule has 0 aliphatic carbocycles. The van der Waals surface area contributed by atoms with E-state index in [2.05, 4.69) is 4.98 Å². The lowest BCUT2D eigenvalue weighted by Gasteiger charge is -2.29. The molecule has 2 amide bonds. The predicted molar refractivity (Wildman–Crippen MR) is 102 cm³/mol. The lowest BCUT2D eigenvalue weighted by atomic mass is 10.1. The Hall–Kier alpha value is -2.69. The second-order valence-corrected chi connectivity index (χ2v) is 6.50. The molecule has 0 saturated heterocycles. The zero-order valence-electron chi connectivity index (χ0n) is 15.8. The first kappa shape index (κ1) is 19.6. The molecule has 0 saturated carbocycles. The number of carbonyl (C=O) groups is 2. The molecule has 1 aromatic heterocycles. The summed E-state index contributed by atoms with van der Waals surface area (Å²) in [5, 5.41) is 0. The highest BCUT2D eigenvalue weighted by molar-refractivity contribution is 6.34. The SMILES string of the molecule is CCN(CCc1ccncc1)C(=O)C(=O)N(Cc1ccccc1)C(C)C. The van der Waals surface area contributed by atoms with Crippen LogP contribution in [-0.2, 0) is 22.6 Å². The molecule has 0 atom stereocenters. The van der Waals surface area contributed by atoms with Crippen molar-refractivity contribution < 1.29 is 9.59 Å².